The maximum atomic E-state index is 6.46. The van der Waals surface area contributed by atoms with Crippen LogP contribution in [-0.2, 0) is 0 Å². The van der Waals surface area contributed by atoms with E-state index in [1.807, 2.05) is 24.4 Å². The maximum absolute atomic E-state index is 6.46. The van der Waals surface area contributed by atoms with Crippen LogP contribution in [0.15, 0.2) is 73.1 Å². The van der Waals surface area contributed by atoms with Crippen molar-refractivity contribution in [2.75, 3.05) is 25.4 Å². The Balaban J connectivity index is 1.25. The molecule has 6 heteroatoms. The van der Waals surface area contributed by atoms with Gasteiger partial charge < -0.3 is 10.6 Å². The molecule has 3 aromatic heterocycles. The van der Waals surface area contributed by atoms with Gasteiger partial charge in [-0.15, -0.1) is 0 Å². The smallest absolute Gasteiger partial charge is 0.150 e. The highest BCUT2D eigenvalue weighted by molar-refractivity contribution is 5.91. The molecular formula is C31H32N6. The van der Waals surface area contributed by atoms with E-state index in [9.17, 15) is 0 Å². The molecule has 186 valence electrons. The highest BCUT2D eigenvalue weighted by Crippen LogP contribution is 2.39. The fourth-order valence-electron chi connectivity index (χ4n) is 6.14. The van der Waals surface area contributed by atoms with Gasteiger partial charge in [-0.3, -0.25) is 4.40 Å². The lowest BCUT2D eigenvalue weighted by molar-refractivity contribution is 0.132. The van der Waals surface area contributed by atoms with Crippen molar-refractivity contribution in [1.82, 2.24) is 24.3 Å². The molecule has 1 aliphatic heterocycles. The highest BCUT2D eigenvalue weighted by atomic mass is 15.2. The minimum atomic E-state index is 0.443. The number of nitrogens with zero attached hydrogens (tertiary/aromatic N) is 5. The van der Waals surface area contributed by atoms with Crippen LogP contribution in [0.25, 0.3) is 38.9 Å². The third-order valence-corrected chi connectivity index (χ3v) is 8.32. The van der Waals surface area contributed by atoms with Gasteiger partial charge >= 0.3 is 0 Å². The van der Waals surface area contributed by atoms with Crippen molar-refractivity contribution in [2.45, 2.75) is 38.0 Å². The monoisotopic (exact) mass is 488 g/mol. The van der Waals surface area contributed by atoms with Gasteiger partial charge in [0.15, 0.2) is 0 Å². The van der Waals surface area contributed by atoms with Crippen LogP contribution in [0.2, 0.25) is 0 Å². The Hall–Kier alpha value is -3.77. The third-order valence-electron chi connectivity index (χ3n) is 8.32. The summed E-state index contributed by atoms with van der Waals surface area (Å²) in [4.78, 5) is 17.3. The second-order valence-electron chi connectivity index (χ2n) is 10.7. The minimum Gasteiger partial charge on any atom is -0.382 e. The Labute approximate surface area is 217 Å². The summed E-state index contributed by atoms with van der Waals surface area (Å²) in [6, 6.07) is 20.9. The fourth-order valence-corrected chi connectivity index (χ4v) is 6.14. The molecule has 7 rings (SSSR count). The number of pyridine rings is 1. The Morgan fingerprint density at radius 3 is 2.46 bits per heavy atom. The zero-order valence-corrected chi connectivity index (χ0v) is 21.1. The van der Waals surface area contributed by atoms with Gasteiger partial charge in [0.05, 0.1) is 11.2 Å². The summed E-state index contributed by atoms with van der Waals surface area (Å²) in [6.07, 6.45) is 10.1. The Morgan fingerprint density at radius 1 is 0.865 bits per heavy atom. The topological polar surface area (TPSA) is 72.3 Å². The molecule has 0 radical (unpaired) electrons. The van der Waals surface area contributed by atoms with E-state index in [0.717, 1.165) is 50.7 Å². The third kappa shape index (κ3) is 4.15. The van der Waals surface area contributed by atoms with Gasteiger partial charge in [0, 0.05) is 41.4 Å². The summed E-state index contributed by atoms with van der Waals surface area (Å²) in [7, 11) is 0. The van der Waals surface area contributed by atoms with E-state index in [2.05, 4.69) is 56.7 Å². The molecule has 0 spiro atoms. The van der Waals surface area contributed by atoms with Crippen LogP contribution < -0.4 is 5.73 Å². The standard InChI is InChI=1S/C31H32N6/c32-30-29-28(25-12-11-23-13-14-26(34-27(23)19-25)22-5-2-1-3-6-22)35-31(37(29)18-15-33-30)24-9-7-21(8-10-24)20-36-16-4-17-36/h1-3,5-6,11-15,18-19,21,24H,4,7-10,16-17,20H2,(H2,32,33)/t21-,24-. The number of rotatable bonds is 5. The summed E-state index contributed by atoms with van der Waals surface area (Å²) >= 11 is 0. The molecule has 5 aromatic rings. The van der Waals surface area contributed by atoms with Gasteiger partial charge in [-0.05, 0) is 63.2 Å². The Morgan fingerprint density at radius 2 is 1.68 bits per heavy atom. The van der Waals surface area contributed by atoms with Gasteiger partial charge in [0.1, 0.15) is 22.9 Å². The van der Waals surface area contributed by atoms with Gasteiger partial charge in [0.2, 0.25) is 0 Å². The first-order valence-electron chi connectivity index (χ1n) is 13.5. The predicted octanol–water partition coefficient (Wildman–Crippen LogP) is 6.17. The number of hydrogen-bond acceptors (Lipinski definition) is 5. The van der Waals surface area contributed by atoms with Crippen molar-refractivity contribution in [3.8, 4) is 22.5 Å². The van der Waals surface area contributed by atoms with Crippen LogP contribution in [-0.4, -0.2) is 43.9 Å². The van der Waals surface area contributed by atoms with E-state index in [-0.39, 0.29) is 0 Å². The summed E-state index contributed by atoms with van der Waals surface area (Å²) in [5.74, 6) is 2.90. The maximum Gasteiger partial charge on any atom is 0.150 e. The summed E-state index contributed by atoms with van der Waals surface area (Å²) in [6.45, 7) is 3.84. The molecule has 4 heterocycles. The van der Waals surface area contributed by atoms with Crippen molar-refractivity contribution < 1.29 is 0 Å². The second-order valence-corrected chi connectivity index (χ2v) is 10.7. The first-order valence-corrected chi connectivity index (χ1v) is 13.5. The van der Waals surface area contributed by atoms with Gasteiger partial charge in [-0.1, -0.05) is 48.5 Å². The van der Waals surface area contributed by atoms with E-state index >= 15 is 0 Å². The van der Waals surface area contributed by atoms with Crippen molar-refractivity contribution in [3.63, 3.8) is 0 Å². The average Bonchev–Trinajstić information content (AvgIpc) is 3.32. The Kier molecular flexibility index (Phi) is 5.62. The molecule has 1 aliphatic carbocycles. The normalized spacial score (nSPS) is 20.3. The second kappa shape index (κ2) is 9.27. The van der Waals surface area contributed by atoms with Crippen molar-refractivity contribution >= 4 is 22.2 Å². The zero-order chi connectivity index (χ0) is 24.8. The largest absolute Gasteiger partial charge is 0.382 e. The number of anilines is 1. The quantitative estimate of drug-likeness (QED) is 0.320. The van der Waals surface area contributed by atoms with Gasteiger partial charge in [-0.2, -0.15) is 0 Å². The van der Waals surface area contributed by atoms with Crippen LogP contribution in [0.5, 0.6) is 0 Å². The number of nitrogens with two attached hydrogens (primary N) is 1. The van der Waals surface area contributed by atoms with E-state index in [4.69, 9.17) is 15.7 Å². The Bertz CT molecular complexity index is 1560. The van der Waals surface area contributed by atoms with Crippen LogP contribution in [0.1, 0.15) is 43.8 Å². The summed E-state index contributed by atoms with van der Waals surface area (Å²) in [5, 5.41) is 1.11. The lowest BCUT2D eigenvalue weighted by Crippen LogP contribution is -2.41. The fraction of sp³-hybridized carbons (Fsp3) is 0.323. The number of nitrogen functional groups attached to an aromatic ring is 1. The first kappa shape index (κ1) is 22.4. The summed E-state index contributed by atoms with van der Waals surface area (Å²) in [5.41, 5.74) is 12.3. The van der Waals surface area contributed by atoms with E-state index < -0.39 is 0 Å². The number of hydrogen-bond donors (Lipinski definition) is 1. The zero-order valence-electron chi connectivity index (χ0n) is 21.1. The van der Waals surface area contributed by atoms with Crippen molar-refractivity contribution in [3.05, 3.63) is 78.9 Å². The molecular weight excluding hydrogens is 456 g/mol. The van der Waals surface area contributed by atoms with Crippen LogP contribution in [0, 0.1) is 5.92 Å². The lowest BCUT2D eigenvalue weighted by atomic mass is 9.81. The number of likely N-dealkylation sites (tertiary alicyclic amines) is 1. The molecule has 0 unspecified atom stereocenters. The number of aromatic nitrogens is 4. The molecule has 1 saturated heterocycles. The molecule has 0 atom stereocenters. The number of imidazole rings is 1. The van der Waals surface area contributed by atoms with Crippen LogP contribution in [0.3, 0.4) is 0 Å². The van der Waals surface area contributed by atoms with E-state index in [1.165, 1.54) is 51.7 Å². The first-order chi connectivity index (χ1) is 18.2. The van der Waals surface area contributed by atoms with E-state index in [0.29, 0.717) is 11.7 Å². The van der Waals surface area contributed by atoms with Gasteiger partial charge in [0.25, 0.3) is 0 Å². The summed E-state index contributed by atoms with van der Waals surface area (Å²) < 4.78 is 2.19. The molecule has 2 aromatic carbocycles. The van der Waals surface area contributed by atoms with Gasteiger partial charge in [-0.25, -0.2) is 15.0 Å². The van der Waals surface area contributed by atoms with E-state index in [1.54, 1.807) is 6.20 Å². The average molecular weight is 489 g/mol. The molecule has 1 saturated carbocycles. The minimum absolute atomic E-state index is 0.443. The van der Waals surface area contributed by atoms with Crippen molar-refractivity contribution in [1.29, 1.82) is 0 Å². The predicted molar refractivity (Wildman–Crippen MR) is 149 cm³/mol. The molecule has 2 fully saturated rings. The number of benzene rings is 2. The molecule has 0 bridgehead atoms. The molecule has 2 N–H and O–H groups in total. The lowest BCUT2D eigenvalue weighted by Gasteiger charge is -2.36. The van der Waals surface area contributed by atoms with Crippen LogP contribution in [0.4, 0.5) is 5.82 Å². The van der Waals surface area contributed by atoms with Crippen molar-refractivity contribution in [2.24, 2.45) is 5.92 Å². The molecule has 6 nitrogen and oxygen atoms in total. The molecule has 2 aliphatic rings. The molecule has 0 amide bonds. The SMILES string of the molecule is Nc1nccn2c1c(-c1ccc3ccc(-c4ccccc4)nc3c1)nc2[C@H]1CC[C@H](CN2CCC2)CC1. The molecule has 37 heavy (non-hydrogen) atoms. The number of fused-ring (bicyclic) bond motifs is 2. The highest BCUT2D eigenvalue weighted by Gasteiger charge is 2.29. The van der Waals surface area contributed by atoms with Crippen LogP contribution >= 0.6 is 0 Å².